The van der Waals surface area contributed by atoms with Crippen molar-refractivity contribution in [1.29, 1.82) is 0 Å². The van der Waals surface area contributed by atoms with Gasteiger partial charge in [-0.25, -0.2) is 0 Å². The molecular formula is C9H6BrN3O4. The standard InChI is InChI=1S/C9H6BrN3O4/c10-8-4-12(11-9(8)13(15)16)3-6-1-2-7(5-14)17-6/h1-2,4-5H,3H2. The fraction of sp³-hybridized carbons (Fsp3) is 0.111. The Balaban J connectivity index is 2.21. The highest BCUT2D eigenvalue weighted by Crippen LogP contribution is 2.22. The van der Waals surface area contributed by atoms with Crippen LogP contribution >= 0.6 is 15.9 Å². The molecule has 0 amide bonds. The monoisotopic (exact) mass is 299 g/mol. The fourth-order valence-corrected chi connectivity index (χ4v) is 1.75. The van der Waals surface area contributed by atoms with Crippen molar-refractivity contribution in [3.63, 3.8) is 0 Å². The lowest BCUT2D eigenvalue weighted by atomic mass is 10.4. The third kappa shape index (κ3) is 2.41. The van der Waals surface area contributed by atoms with Gasteiger partial charge < -0.3 is 14.5 Å². The topological polar surface area (TPSA) is 91.2 Å². The summed E-state index contributed by atoms with van der Waals surface area (Å²) < 4.78 is 6.79. The van der Waals surface area contributed by atoms with Crippen LogP contribution in [0, 0.1) is 10.1 Å². The highest BCUT2D eigenvalue weighted by Gasteiger charge is 2.19. The molecule has 0 atom stereocenters. The second kappa shape index (κ2) is 4.50. The van der Waals surface area contributed by atoms with E-state index in [0.29, 0.717) is 16.5 Å². The number of hydrogen-bond acceptors (Lipinski definition) is 5. The molecule has 2 aromatic heterocycles. The number of furan rings is 1. The SMILES string of the molecule is O=Cc1ccc(Cn2cc(Br)c([N+](=O)[O-])n2)o1. The van der Waals surface area contributed by atoms with E-state index in [4.69, 9.17) is 4.42 Å². The molecule has 17 heavy (non-hydrogen) atoms. The zero-order chi connectivity index (χ0) is 12.4. The Morgan fingerprint density at radius 1 is 1.59 bits per heavy atom. The van der Waals surface area contributed by atoms with Crippen molar-refractivity contribution in [3.8, 4) is 0 Å². The number of nitrogens with zero attached hydrogens (tertiary/aromatic N) is 3. The van der Waals surface area contributed by atoms with E-state index >= 15 is 0 Å². The highest BCUT2D eigenvalue weighted by atomic mass is 79.9. The zero-order valence-corrected chi connectivity index (χ0v) is 9.96. The minimum atomic E-state index is -0.584. The Bertz CT molecular complexity index is 575. The van der Waals surface area contributed by atoms with Gasteiger partial charge in [-0.3, -0.25) is 4.79 Å². The van der Waals surface area contributed by atoms with Crippen LogP contribution in [0.25, 0.3) is 0 Å². The molecule has 0 radical (unpaired) electrons. The summed E-state index contributed by atoms with van der Waals surface area (Å²) in [6.45, 7) is 0.223. The molecule has 0 bridgehead atoms. The van der Waals surface area contributed by atoms with Gasteiger partial charge in [0.25, 0.3) is 0 Å². The molecule has 2 aromatic rings. The van der Waals surface area contributed by atoms with E-state index < -0.39 is 4.92 Å². The van der Waals surface area contributed by atoms with E-state index in [-0.39, 0.29) is 18.1 Å². The lowest BCUT2D eigenvalue weighted by Gasteiger charge is -1.91. The zero-order valence-electron chi connectivity index (χ0n) is 8.37. The van der Waals surface area contributed by atoms with Gasteiger partial charge >= 0.3 is 5.82 Å². The van der Waals surface area contributed by atoms with E-state index in [1.165, 1.54) is 16.9 Å². The number of rotatable bonds is 4. The van der Waals surface area contributed by atoms with E-state index in [9.17, 15) is 14.9 Å². The van der Waals surface area contributed by atoms with E-state index in [1.54, 1.807) is 6.07 Å². The molecule has 0 saturated carbocycles. The average molecular weight is 300 g/mol. The molecule has 0 aliphatic carbocycles. The normalized spacial score (nSPS) is 10.4. The Hall–Kier alpha value is -1.96. The molecule has 0 spiro atoms. The highest BCUT2D eigenvalue weighted by molar-refractivity contribution is 9.10. The molecule has 0 N–H and O–H groups in total. The van der Waals surface area contributed by atoms with Gasteiger partial charge in [0.15, 0.2) is 12.0 Å². The van der Waals surface area contributed by atoms with Gasteiger partial charge in [-0.2, -0.15) is 4.68 Å². The summed E-state index contributed by atoms with van der Waals surface area (Å²) in [5.41, 5.74) is 0. The Morgan fingerprint density at radius 3 is 2.88 bits per heavy atom. The number of carbonyl (C=O) groups excluding carboxylic acids is 1. The lowest BCUT2D eigenvalue weighted by molar-refractivity contribution is -0.390. The molecule has 7 nitrogen and oxygen atoms in total. The van der Waals surface area contributed by atoms with Crippen molar-refractivity contribution < 1.29 is 14.1 Å². The van der Waals surface area contributed by atoms with Gasteiger partial charge in [0, 0.05) is 0 Å². The van der Waals surface area contributed by atoms with Gasteiger partial charge in [0.05, 0.1) is 11.3 Å². The quantitative estimate of drug-likeness (QED) is 0.489. The number of aldehydes is 1. The summed E-state index contributed by atoms with van der Waals surface area (Å²) in [6.07, 6.45) is 2.06. The number of carbonyl (C=O) groups is 1. The van der Waals surface area contributed by atoms with Crippen molar-refractivity contribution in [3.05, 3.63) is 44.4 Å². The summed E-state index contributed by atoms with van der Waals surface area (Å²) in [6, 6.07) is 3.14. The fourth-order valence-electron chi connectivity index (χ4n) is 1.29. The van der Waals surface area contributed by atoms with Crippen LogP contribution in [-0.4, -0.2) is 21.0 Å². The van der Waals surface area contributed by atoms with Crippen LogP contribution in [0.2, 0.25) is 0 Å². The minimum absolute atomic E-state index is 0.209. The van der Waals surface area contributed by atoms with E-state index in [1.807, 2.05) is 0 Å². The maximum Gasteiger partial charge on any atom is 0.404 e. The molecule has 0 saturated heterocycles. The molecule has 2 rings (SSSR count). The van der Waals surface area contributed by atoms with Crippen molar-refractivity contribution in [1.82, 2.24) is 9.78 Å². The summed E-state index contributed by atoms with van der Waals surface area (Å²) in [5, 5.41) is 14.3. The molecular weight excluding hydrogens is 294 g/mol. The molecule has 0 fully saturated rings. The van der Waals surface area contributed by atoms with Gasteiger partial charge in [0.1, 0.15) is 16.8 Å². The molecule has 0 aliphatic heterocycles. The third-order valence-corrected chi connectivity index (χ3v) is 2.55. The van der Waals surface area contributed by atoms with Gasteiger partial charge in [-0.05, 0) is 33.0 Å². The lowest BCUT2D eigenvalue weighted by Crippen LogP contribution is -2.00. The van der Waals surface area contributed by atoms with E-state index in [2.05, 4.69) is 21.0 Å². The Kier molecular flexibility index (Phi) is 3.05. The Morgan fingerprint density at radius 2 is 2.35 bits per heavy atom. The third-order valence-electron chi connectivity index (χ3n) is 1.99. The van der Waals surface area contributed by atoms with Crippen LogP contribution < -0.4 is 0 Å². The molecule has 88 valence electrons. The average Bonchev–Trinajstić information content (AvgIpc) is 2.85. The molecule has 0 unspecified atom stereocenters. The van der Waals surface area contributed by atoms with Crippen molar-refractivity contribution in [2.75, 3.05) is 0 Å². The number of hydrogen-bond donors (Lipinski definition) is 0. The minimum Gasteiger partial charge on any atom is -0.456 e. The molecule has 0 aliphatic rings. The van der Waals surface area contributed by atoms with Crippen LogP contribution in [0.15, 0.2) is 27.2 Å². The van der Waals surface area contributed by atoms with Crippen LogP contribution in [0.5, 0.6) is 0 Å². The predicted molar refractivity (Wildman–Crippen MR) is 59.8 cm³/mol. The van der Waals surface area contributed by atoms with E-state index in [0.717, 1.165) is 0 Å². The summed E-state index contributed by atoms with van der Waals surface area (Å²) in [4.78, 5) is 20.4. The van der Waals surface area contributed by atoms with Gasteiger partial charge in [-0.1, -0.05) is 0 Å². The maximum atomic E-state index is 10.6. The maximum absolute atomic E-state index is 10.6. The summed E-state index contributed by atoms with van der Waals surface area (Å²) in [7, 11) is 0. The summed E-state index contributed by atoms with van der Waals surface area (Å²) >= 11 is 3.04. The molecule has 2 heterocycles. The van der Waals surface area contributed by atoms with Crippen LogP contribution in [-0.2, 0) is 6.54 Å². The number of halogens is 1. The molecule has 8 heteroatoms. The largest absolute Gasteiger partial charge is 0.456 e. The van der Waals surface area contributed by atoms with Crippen LogP contribution in [0.3, 0.4) is 0 Å². The smallest absolute Gasteiger partial charge is 0.404 e. The van der Waals surface area contributed by atoms with Gasteiger partial charge in [0.2, 0.25) is 0 Å². The van der Waals surface area contributed by atoms with Crippen LogP contribution in [0.1, 0.15) is 16.3 Å². The van der Waals surface area contributed by atoms with Crippen molar-refractivity contribution in [2.45, 2.75) is 6.54 Å². The first-order chi connectivity index (χ1) is 8.10. The number of aromatic nitrogens is 2. The Labute approximate surface area is 103 Å². The number of nitro groups is 1. The van der Waals surface area contributed by atoms with Crippen molar-refractivity contribution >= 4 is 28.0 Å². The van der Waals surface area contributed by atoms with Crippen molar-refractivity contribution in [2.24, 2.45) is 0 Å². The first-order valence-electron chi connectivity index (χ1n) is 4.51. The van der Waals surface area contributed by atoms with Crippen LogP contribution in [0.4, 0.5) is 5.82 Å². The molecule has 0 aromatic carbocycles. The second-order valence-corrected chi connectivity index (χ2v) is 4.03. The predicted octanol–water partition coefficient (Wildman–Crippen LogP) is 2.01. The second-order valence-electron chi connectivity index (χ2n) is 3.18. The van der Waals surface area contributed by atoms with Gasteiger partial charge in [-0.15, -0.1) is 0 Å². The summed E-state index contributed by atoms with van der Waals surface area (Å²) in [5.74, 6) is 0.449. The first kappa shape index (κ1) is 11.5. The first-order valence-corrected chi connectivity index (χ1v) is 5.30.